The minimum absolute atomic E-state index is 0. The van der Waals surface area contributed by atoms with Crippen molar-refractivity contribution in [2.75, 3.05) is 13.2 Å². The molecule has 0 radical (unpaired) electrons. The minimum Gasteiger partial charge on any atom is -0.466 e. The van der Waals surface area contributed by atoms with Crippen LogP contribution in [0, 0.1) is 5.92 Å². The molecule has 1 saturated carbocycles. The fraction of sp³-hybridized carbons (Fsp3) is 0.875. The predicted octanol–water partition coefficient (Wildman–Crippen LogP) is 1.05. The molecule has 1 fully saturated rings. The van der Waals surface area contributed by atoms with E-state index >= 15 is 0 Å². The van der Waals surface area contributed by atoms with E-state index in [4.69, 9.17) is 10.5 Å². The van der Waals surface area contributed by atoms with Crippen LogP contribution in [-0.4, -0.2) is 24.8 Å². The second kappa shape index (κ2) is 4.77. The van der Waals surface area contributed by atoms with Crippen LogP contribution < -0.4 is 5.73 Å². The Morgan fingerprint density at radius 3 is 2.62 bits per heavy atom. The summed E-state index contributed by atoms with van der Waals surface area (Å²) < 4.78 is 17.9. The summed E-state index contributed by atoms with van der Waals surface area (Å²) in [4.78, 5) is 11.0. The van der Waals surface area contributed by atoms with Crippen LogP contribution in [0.5, 0.6) is 0 Å². The van der Waals surface area contributed by atoms with Crippen molar-refractivity contribution in [3.05, 3.63) is 0 Å². The van der Waals surface area contributed by atoms with Crippen LogP contribution in [0.3, 0.4) is 0 Å². The molecule has 0 aromatic carbocycles. The maximum Gasteiger partial charge on any atom is 0.309 e. The number of alkyl halides is 1. The molecular formula is C8H15ClFNO2. The van der Waals surface area contributed by atoms with E-state index in [0.717, 1.165) is 0 Å². The van der Waals surface area contributed by atoms with Crippen LogP contribution >= 0.6 is 12.4 Å². The summed E-state index contributed by atoms with van der Waals surface area (Å²) in [7, 11) is 0. The van der Waals surface area contributed by atoms with Gasteiger partial charge in [-0.2, -0.15) is 0 Å². The lowest BCUT2D eigenvalue weighted by molar-refractivity contribution is -0.157. The normalized spacial score (nSPS) is 31.5. The van der Waals surface area contributed by atoms with Crippen molar-refractivity contribution in [2.45, 2.75) is 25.4 Å². The molecular weight excluding hydrogens is 197 g/mol. The third kappa shape index (κ3) is 2.81. The fourth-order valence-electron chi connectivity index (χ4n) is 1.42. The van der Waals surface area contributed by atoms with E-state index in [2.05, 4.69) is 0 Å². The largest absolute Gasteiger partial charge is 0.466 e. The minimum atomic E-state index is -1.31. The van der Waals surface area contributed by atoms with Crippen molar-refractivity contribution in [2.24, 2.45) is 11.7 Å². The number of carbonyl (C=O) groups is 1. The average Bonchev–Trinajstić information content (AvgIpc) is 1.99. The number of hydrogen-bond acceptors (Lipinski definition) is 3. The Bertz CT molecular complexity index is 183. The van der Waals surface area contributed by atoms with Crippen LogP contribution in [0.1, 0.15) is 19.8 Å². The Hall–Kier alpha value is -0.350. The Kier molecular flexibility index (Phi) is 4.64. The number of halogens is 2. The summed E-state index contributed by atoms with van der Waals surface area (Å²) >= 11 is 0. The average molecular weight is 212 g/mol. The Morgan fingerprint density at radius 2 is 2.23 bits per heavy atom. The summed E-state index contributed by atoms with van der Waals surface area (Å²) in [5, 5.41) is 0. The van der Waals surface area contributed by atoms with Gasteiger partial charge in [-0.15, -0.1) is 12.4 Å². The summed E-state index contributed by atoms with van der Waals surface area (Å²) in [5.41, 5.74) is 3.87. The highest BCUT2D eigenvalue weighted by molar-refractivity contribution is 5.85. The van der Waals surface area contributed by atoms with Gasteiger partial charge in [0.25, 0.3) is 0 Å². The number of hydrogen-bond donors (Lipinski definition) is 1. The molecule has 13 heavy (non-hydrogen) atoms. The van der Waals surface area contributed by atoms with Gasteiger partial charge < -0.3 is 10.5 Å². The Balaban J connectivity index is 0.00000144. The van der Waals surface area contributed by atoms with E-state index in [-0.39, 0.29) is 43.7 Å². The Labute approximate surface area is 83.2 Å². The first kappa shape index (κ1) is 12.7. The van der Waals surface area contributed by atoms with Gasteiger partial charge >= 0.3 is 5.97 Å². The highest BCUT2D eigenvalue weighted by Gasteiger charge is 2.47. The first-order valence-electron chi connectivity index (χ1n) is 4.17. The van der Waals surface area contributed by atoms with Gasteiger partial charge in [-0.1, -0.05) is 0 Å². The highest BCUT2D eigenvalue weighted by Crippen LogP contribution is 2.40. The standard InChI is InChI=1S/C8H14FNO2.ClH/c1-2-12-7(11)6-3-8(9,4-6)5-10;/h6H,2-5,10H2,1H3;1H. The van der Waals surface area contributed by atoms with Gasteiger partial charge in [-0.3, -0.25) is 4.79 Å². The zero-order valence-corrected chi connectivity index (χ0v) is 8.40. The molecule has 0 unspecified atom stereocenters. The molecule has 5 heteroatoms. The molecule has 0 atom stereocenters. The lowest BCUT2D eigenvalue weighted by Gasteiger charge is -2.38. The van der Waals surface area contributed by atoms with E-state index in [0.29, 0.717) is 6.61 Å². The molecule has 3 nitrogen and oxygen atoms in total. The molecule has 1 aliphatic rings. The van der Waals surface area contributed by atoms with Crippen LogP contribution in [0.2, 0.25) is 0 Å². The van der Waals surface area contributed by atoms with Gasteiger partial charge in [0.2, 0.25) is 0 Å². The van der Waals surface area contributed by atoms with Gasteiger partial charge in [-0.25, -0.2) is 4.39 Å². The fourth-order valence-corrected chi connectivity index (χ4v) is 1.42. The molecule has 1 rings (SSSR count). The first-order chi connectivity index (χ1) is 5.61. The topological polar surface area (TPSA) is 52.3 Å². The summed E-state index contributed by atoms with van der Waals surface area (Å²) in [6, 6.07) is 0. The number of ether oxygens (including phenoxy) is 1. The van der Waals surface area contributed by atoms with Crippen LogP contribution in [0.4, 0.5) is 4.39 Å². The first-order valence-corrected chi connectivity index (χ1v) is 4.17. The van der Waals surface area contributed by atoms with Crippen molar-refractivity contribution in [1.29, 1.82) is 0 Å². The van der Waals surface area contributed by atoms with Crippen molar-refractivity contribution < 1.29 is 13.9 Å². The molecule has 2 N–H and O–H groups in total. The molecule has 0 bridgehead atoms. The Morgan fingerprint density at radius 1 is 1.69 bits per heavy atom. The van der Waals surface area contributed by atoms with Crippen molar-refractivity contribution in [3.8, 4) is 0 Å². The zero-order valence-electron chi connectivity index (χ0n) is 7.59. The van der Waals surface area contributed by atoms with E-state index in [9.17, 15) is 9.18 Å². The van der Waals surface area contributed by atoms with Crippen LogP contribution in [0.15, 0.2) is 0 Å². The molecule has 0 aromatic rings. The number of esters is 1. The van der Waals surface area contributed by atoms with Gasteiger partial charge in [0, 0.05) is 6.54 Å². The van der Waals surface area contributed by atoms with Gasteiger partial charge in [0.1, 0.15) is 5.67 Å². The molecule has 0 saturated heterocycles. The van der Waals surface area contributed by atoms with Crippen LogP contribution in [0.25, 0.3) is 0 Å². The maximum absolute atomic E-state index is 13.2. The number of nitrogens with two attached hydrogens (primary N) is 1. The summed E-state index contributed by atoms with van der Waals surface area (Å²) in [6.45, 7) is 2.10. The van der Waals surface area contributed by atoms with Crippen LogP contribution in [-0.2, 0) is 9.53 Å². The third-order valence-electron chi connectivity index (χ3n) is 2.21. The molecule has 0 spiro atoms. The van der Waals surface area contributed by atoms with Gasteiger partial charge in [0.15, 0.2) is 0 Å². The lowest BCUT2D eigenvalue weighted by Crippen LogP contribution is -2.49. The van der Waals surface area contributed by atoms with E-state index in [1.165, 1.54) is 0 Å². The SMILES string of the molecule is CCOC(=O)C1CC(F)(CN)C1.Cl. The summed E-state index contributed by atoms with van der Waals surface area (Å²) in [5.74, 6) is -0.558. The van der Waals surface area contributed by atoms with E-state index in [1.807, 2.05) is 0 Å². The molecule has 0 heterocycles. The molecule has 0 amide bonds. The number of rotatable bonds is 3. The second-order valence-electron chi connectivity index (χ2n) is 3.21. The zero-order chi connectivity index (χ0) is 9.19. The van der Waals surface area contributed by atoms with Crippen molar-refractivity contribution in [1.82, 2.24) is 0 Å². The van der Waals surface area contributed by atoms with Gasteiger partial charge in [0.05, 0.1) is 12.5 Å². The molecule has 0 aromatic heterocycles. The molecule has 0 aliphatic heterocycles. The molecule has 78 valence electrons. The quantitative estimate of drug-likeness (QED) is 0.710. The number of carbonyl (C=O) groups excluding carboxylic acids is 1. The van der Waals surface area contributed by atoms with Crippen molar-refractivity contribution in [3.63, 3.8) is 0 Å². The highest BCUT2D eigenvalue weighted by atomic mass is 35.5. The monoisotopic (exact) mass is 211 g/mol. The maximum atomic E-state index is 13.2. The predicted molar refractivity (Wildman–Crippen MR) is 49.5 cm³/mol. The summed E-state index contributed by atoms with van der Waals surface area (Å²) in [6.07, 6.45) is 0.449. The third-order valence-corrected chi connectivity index (χ3v) is 2.21. The van der Waals surface area contributed by atoms with E-state index < -0.39 is 5.67 Å². The van der Waals surface area contributed by atoms with E-state index in [1.54, 1.807) is 6.92 Å². The lowest BCUT2D eigenvalue weighted by atomic mass is 9.72. The van der Waals surface area contributed by atoms with Crippen molar-refractivity contribution >= 4 is 18.4 Å². The second-order valence-corrected chi connectivity index (χ2v) is 3.21. The smallest absolute Gasteiger partial charge is 0.309 e. The van der Waals surface area contributed by atoms with Gasteiger partial charge in [-0.05, 0) is 19.8 Å². The molecule has 1 aliphatic carbocycles.